The van der Waals surface area contributed by atoms with Crippen LogP contribution in [-0.4, -0.2) is 52.9 Å². The van der Waals surface area contributed by atoms with E-state index < -0.39 is 12.0 Å². The van der Waals surface area contributed by atoms with E-state index in [-0.39, 0.29) is 19.1 Å². The van der Waals surface area contributed by atoms with E-state index in [2.05, 4.69) is 12.2 Å². The first kappa shape index (κ1) is 12.8. The van der Waals surface area contributed by atoms with Crippen molar-refractivity contribution in [3.8, 4) is 0 Å². The first-order valence-electron chi connectivity index (χ1n) is 5.43. The fraction of sp³-hybridized carbons (Fsp3) is 0.800. The topological polar surface area (TPSA) is 89.9 Å². The molecule has 0 bridgehead atoms. The van der Waals surface area contributed by atoms with Crippen molar-refractivity contribution in [3.05, 3.63) is 0 Å². The molecule has 6 nitrogen and oxygen atoms in total. The summed E-state index contributed by atoms with van der Waals surface area (Å²) in [5.74, 6) is -0.651. The van der Waals surface area contributed by atoms with Crippen LogP contribution in [0, 0.1) is 5.92 Å². The number of amides is 2. The van der Waals surface area contributed by atoms with Gasteiger partial charge in [0.15, 0.2) is 0 Å². The van der Waals surface area contributed by atoms with Crippen LogP contribution >= 0.6 is 0 Å². The normalized spacial score (nSPS) is 21.9. The van der Waals surface area contributed by atoms with E-state index in [0.29, 0.717) is 19.0 Å². The first-order chi connectivity index (χ1) is 7.54. The molecule has 92 valence electrons. The molecule has 2 atom stereocenters. The van der Waals surface area contributed by atoms with Gasteiger partial charge in [0.05, 0.1) is 0 Å². The molecule has 1 saturated heterocycles. The van der Waals surface area contributed by atoms with Gasteiger partial charge >= 0.3 is 12.0 Å². The van der Waals surface area contributed by atoms with Crippen molar-refractivity contribution in [2.45, 2.75) is 25.8 Å². The summed E-state index contributed by atoms with van der Waals surface area (Å²) in [7, 11) is 0. The average Bonchev–Trinajstić information content (AvgIpc) is 2.64. The van der Waals surface area contributed by atoms with Gasteiger partial charge in [0.1, 0.15) is 6.04 Å². The minimum atomic E-state index is -1.12. The number of carboxylic acids is 1. The predicted molar refractivity (Wildman–Crippen MR) is 57.0 cm³/mol. The van der Waals surface area contributed by atoms with E-state index in [0.717, 1.165) is 6.42 Å². The Hall–Kier alpha value is -1.30. The van der Waals surface area contributed by atoms with Crippen LogP contribution in [0.2, 0.25) is 0 Å². The summed E-state index contributed by atoms with van der Waals surface area (Å²) in [6, 6.07) is -1.36. The van der Waals surface area contributed by atoms with Crippen LogP contribution in [0.5, 0.6) is 0 Å². The van der Waals surface area contributed by atoms with Crippen molar-refractivity contribution in [2.24, 2.45) is 5.92 Å². The molecule has 2 amide bonds. The molecule has 1 fully saturated rings. The van der Waals surface area contributed by atoms with Crippen molar-refractivity contribution in [1.29, 1.82) is 0 Å². The molecule has 1 unspecified atom stereocenters. The maximum atomic E-state index is 11.7. The van der Waals surface area contributed by atoms with Gasteiger partial charge in [0, 0.05) is 26.1 Å². The summed E-state index contributed by atoms with van der Waals surface area (Å²) < 4.78 is 0. The van der Waals surface area contributed by atoms with Gasteiger partial charge < -0.3 is 20.4 Å². The number of aliphatic carboxylic acids is 1. The number of carboxylic acid groups (broad SMARTS) is 1. The molecule has 16 heavy (non-hydrogen) atoms. The highest BCUT2D eigenvalue weighted by Gasteiger charge is 2.26. The van der Waals surface area contributed by atoms with Crippen molar-refractivity contribution in [2.75, 3.05) is 19.7 Å². The predicted octanol–water partition coefficient (Wildman–Crippen LogP) is -0.127. The Balaban J connectivity index is 2.45. The number of urea groups is 1. The molecule has 0 aromatic carbocycles. The Bertz CT molecular complexity index is 270. The SMILES string of the molecule is CC1CCN(C(=O)N[C@@H](CCO)C(=O)O)C1. The standard InChI is InChI=1S/C10H18N2O4/c1-7-2-4-12(6-7)10(16)11-8(3-5-13)9(14)15/h7-8,13H,2-6H2,1H3,(H,11,16)(H,14,15)/t7?,8-/m0/s1. The lowest BCUT2D eigenvalue weighted by Gasteiger charge is -2.20. The molecular formula is C10H18N2O4. The number of aliphatic hydroxyl groups excluding tert-OH is 1. The second-order valence-electron chi connectivity index (χ2n) is 4.19. The van der Waals surface area contributed by atoms with E-state index in [4.69, 9.17) is 10.2 Å². The Morgan fingerprint density at radius 1 is 1.56 bits per heavy atom. The zero-order chi connectivity index (χ0) is 12.1. The van der Waals surface area contributed by atoms with Crippen LogP contribution in [0.4, 0.5) is 4.79 Å². The second kappa shape index (κ2) is 5.69. The summed E-state index contributed by atoms with van der Waals surface area (Å²) in [5, 5.41) is 19.9. The summed E-state index contributed by atoms with van der Waals surface area (Å²) in [4.78, 5) is 24.0. The highest BCUT2D eigenvalue weighted by Crippen LogP contribution is 2.14. The van der Waals surface area contributed by atoms with Crippen molar-refractivity contribution in [1.82, 2.24) is 10.2 Å². The Labute approximate surface area is 94.2 Å². The second-order valence-corrected chi connectivity index (χ2v) is 4.19. The molecule has 0 radical (unpaired) electrons. The Kier molecular flexibility index (Phi) is 4.54. The number of rotatable bonds is 4. The quantitative estimate of drug-likeness (QED) is 0.627. The van der Waals surface area contributed by atoms with Crippen LogP contribution in [-0.2, 0) is 4.79 Å². The maximum Gasteiger partial charge on any atom is 0.326 e. The number of likely N-dealkylation sites (tertiary alicyclic amines) is 1. The van der Waals surface area contributed by atoms with Crippen molar-refractivity contribution in [3.63, 3.8) is 0 Å². The molecule has 0 aromatic heterocycles. The molecule has 1 rings (SSSR count). The van der Waals surface area contributed by atoms with Gasteiger partial charge in [-0.3, -0.25) is 0 Å². The zero-order valence-corrected chi connectivity index (χ0v) is 9.35. The first-order valence-corrected chi connectivity index (χ1v) is 5.43. The summed E-state index contributed by atoms with van der Waals surface area (Å²) >= 11 is 0. The van der Waals surface area contributed by atoms with Gasteiger partial charge in [-0.2, -0.15) is 0 Å². The molecule has 1 aliphatic rings. The van der Waals surface area contributed by atoms with E-state index in [9.17, 15) is 9.59 Å². The van der Waals surface area contributed by atoms with Crippen LogP contribution in [0.15, 0.2) is 0 Å². The smallest absolute Gasteiger partial charge is 0.326 e. The number of carbonyl (C=O) groups is 2. The number of hydrogen-bond donors (Lipinski definition) is 3. The lowest BCUT2D eigenvalue weighted by atomic mass is 10.2. The minimum absolute atomic E-state index is 0.0322. The fourth-order valence-corrected chi connectivity index (χ4v) is 1.75. The third kappa shape index (κ3) is 3.37. The summed E-state index contributed by atoms with van der Waals surface area (Å²) in [5.41, 5.74) is 0. The van der Waals surface area contributed by atoms with Gasteiger partial charge in [-0.25, -0.2) is 9.59 Å². The molecule has 1 heterocycles. The summed E-state index contributed by atoms with van der Waals surface area (Å²) in [6.45, 7) is 3.12. The third-order valence-electron chi connectivity index (χ3n) is 2.72. The van der Waals surface area contributed by atoms with E-state index in [1.807, 2.05) is 0 Å². The largest absolute Gasteiger partial charge is 0.480 e. The molecule has 3 N–H and O–H groups in total. The molecular weight excluding hydrogens is 212 g/mol. The molecule has 1 aliphatic heterocycles. The average molecular weight is 230 g/mol. The maximum absolute atomic E-state index is 11.7. The number of nitrogens with zero attached hydrogens (tertiary/aromatic N) is 1. The monoisotopic (exact) mass is 230 g/mol. The minimum Gasteiger partial charge on any atom is -0.480 e. The van der Waals surface area contributed by atoms with Crippen LogP contribution in [0.25, 0.3) is 0 Å². The van der Waals surface area contributed by atoms with Crippen LogP contribution in [0.3, 0.4) is 0 Å². The van der Waals surface area contributed by atoms with Gasteiger partial charge in [-0.05, 0) is 12.3 Å². The van der Waals surface area contributed by atoms with Gasteiger partial charge in [-0.1, -0.05) is 6.92 Å². The lowest BCUT2D eigenvalue weighted by molar-refractivity contribution is -0.139. The highest BCUT2D eigenvalue weighted by atomic mass is 16.4. The number of nitrogens with one attached hydrogen (secondary N) is 1. The van der Waals surface area contributed by atoms with Crippen molar-refractivity contribution >= 4 is 12.0 Å². The number of aliphatic hydroxyl groups is 1. The van der Waals surface area contributed by atoms with Gasteiger partial charge in [0.25, 0.3) is 0 Å². The van der Waals surface area contributed by atoms with E-state index in [1.54, 1.807) is 4.90 Å². The zero-order valence-electron chi connectivity index (χ0n) is 9.35. The Morgan fingerprint density at radius 2 is 2.25 bits per heavy atom. The molecule has 0 saturated carbocycles. The highest BCUT2D eigenvalue weighted by molar-refractivity contribution is 5.82. The molecule has 6 heteroatoms. The van der Waals surface area contributed by atoms with Crippen LogP contribution < -0.4 is 5.32 Å². The van der Waals surface area contributed by atoms with Gasteiger partial charge in [-0.15, -0.1) is 0 Å². The molecule has 0 aliphatic carbocycles. The molecule has 0 spiro atoms. The summed E-state index contributed by atoms with van der Waals surface area (Å²) in [6.07, 6.45) is 0.982. The fourth-order valence-electron chi connectivity index (χ4n) is 1.75. The lowest BCUT2D eigenvalue weighted by Crippen LogP contribution is -2.47. The Morgan fingerprint density at radius 3 is 2.69 bits per heavy atom. The van der Waals surface area contributed by atoms with E-state index >= 15 is 0 Å². The third-order valence-corrected chi connectivity index (χ3v) is 2.72. The van der Waals surface area contributed by atoms with E-state index in [1.165, 1.54) is 0 Å². The van der Waals surface area contributed by atoms with Gasteiger partial charge in [0.2, 0.25) is 0 Å². The van der Waals surface area contributed by atoms with Crippen molar-refractivity contribution < 1.29 is 19.8 Å². The number of hydrogen-bond acceptors (Lipinski definition) is 3. The molecule has 0 aromatic rings. The number of carbonyl (C=O) groups excluding carboxylic acids is 1. The van der Waals surface area contributed by atoms with Crippen LogP contribution in [0.1, 0.15) is 19.8 Å².